The van der Waals surface area contributed by atoms with E-state index in [0.717, 1.165) is 11.4 Å². The summed E-state index contributed by atoms with van der Waals surface area (Å²) < 4.78 is 0. The Hall–Kier alpha value is -6.18. The number of hydrogen-bond acceptors (Lipinski definition) is 1. The Bertz CT molecular complexity index is 2510. The van der Waals surface area contributed by atoms with Crippen LogP contribution in [0.2, 0.25) is 0 Å². The average molecular weight is 650 g/mol. The molecule has 4 unspecified atom stereocenters. The van der Waals surface area contributed by atoms with Crippen LogP contribution >= 0.6 is 0 Å². The molecule has 7 aromatic carbocycles. The van der Waals surface area contributed by atoms with Crippen LogP contribution in [0.1, 0.15) is 50.4 Å². The highest BCUT2D eigenvalue weighted by atomic mass is 15.1. The van der Waals surface area contributed by atoms with Crippen LogP contribution in [-0.4, -0.2) is 0 Å². The predicted octanol–water partition coefficient (Wildman–Crippen LogP) is 12.0. The SMILES string of the molecule is C1=CC2c3ccc(N(c4ccccc4)c4ccccc4)cc3C3(c4ccccc4C4(c5ccccc5)c5ccccc5-c5cccc3c54)C2C=C1. The van der Waals surface area contributed by atoms with E-state index in [4.69, 9.17) is 0 Å². The van der Waals surface area contributed by atoms with E-state index in [-0.39, 0.29) is 11.8 Å². The van der Waals surface area contributed by atoms with Gasteiger partial charge in [0, 0.05) is 28.9 Å². The number of anilines is 3. The zero-order valence-electron chi connectivity index (χ0n) is 28.2. The highest BCUT2D eigenvalue weighted by Gasteiger charge is 2.62. The molecule has 0 saturated carbocycles. The minimum absolute atomic E-state index is 0.222. The Labute approximate surface area is 299 Å². The van der Waals surface area contributed by atoms with Crippen molar-refractivity contribution in [3.63, 3.8) is 0 Å². The highest BCUT2D eigenvalue weighted by molar-refractivity contribution is 5.92. The van der Waals surface area contributed by atoms with Crippen LogP contribution in [0, 0.1) is 5.92 Å². The van der Waals surface area contributed by atoms with Gasteiger partial charge in [-0.3, -0.25) is 0 Å². The minimum Gasteiger partial charge on any atom is -0.310 e. The van der Waals surface area contributed by atoms with E-state index in [0.29, 0.717) is 0 Å². The molecule has 51 heavy (non-hydrogen) atoms. The molecule has 1 nitrogen and oxygen atoms in total. The molecule has 7 aromatic rings. The van der Waals surface area contributed by atoms with Crippen LogP contribution in [-0.2, 0) is 10.8 Å². The summed E-state index contributed by atoms with van der Waals surface area (Å²) in [7, 11) is 0. The first kappa shape index (κ1) is 28.6. The summed E-state index contributed by atoms with van der Waals surface area (Å²) >= 11 is 0. The van der Waals surface area contributed by atoms with Gasteiger partial charge in [0.1, 0.15) is 0 Å². The van der Waals surface area contributed by atoms with Gasteiger partial charge in [-0.15, -0.1) is 0 Å². The van der Waals surface area contributed by atoms with Gasteiger partial charge in [0.2, 0.25) is 0 Å². The second kappa shape index (κ2) is 10.7. The number of fused-ring (bicyclic) bond motifs is 12. The van der Waals surface area contributed by atoms with Crippen LogP contribution in [0.5, 0.6) is 0 Å². The minimum atomic E-state index is -0.421. The molecule has 4 atom stereocenters. The first-order valence-electron chi connectivity index (χ1n) is 18.1. The average Bonchev–Trinajstić information content (AvgIpc) is 3.68. The summed E-state index contributed by atoms with van der Waals surface area (Å²) in [5, 5.41) is 0. The lowest BCUT2D eigenvalue weighted by Crippen LogP contribution is -2.46. The first-order valence-corrected chi connectivity index (χ1v) is 18.1. The molecule has 0 amide bonds. The molecule has 4 aliphatic rings. The van der Waals surface area contributed by atoms with E-state index in [1.54, 1.807) is 0 Å². The maximum Gasteiger partial charge on any atom is 0.0719 e. The third-order valence-electron chi connectivity index (χ3n) is 12.2. The van der Waals surface area contributed by atoms with Crippen LogP contribution in [0.25, 0.3) is 11.1 Å². The molecule has 0 fully saturated rings. The number of rotatable bonds is 4. The maximum absolute atomic E-state index is 2.53. The third-order valence-corrected chi connectivity index (χ3v) is 12.2. The fourth-order valence-electron chi connectivity index (χ4n) is 10.5. The number of nitrogens with zero attached hydrogens (tertiary/aromatic N) is 1. The van der Waals surface area contributed by atoms with Crippen LogP contribution in [0.15, 0.2) is 200 Å². The van der Waals surface area contributed by atoms with Gasteiger partial charge >= 0.3 is 0 Å². The molecule has 240 valence electrons. The van der Waals surface area contributed by atoms with E-state index >= 15 is 0 Å². The molecule has 1 spiro atoms. The summed E-state index contributed by atoms with van der Waals surface area (Å²) in [6.07, 6.45) is 9.50. The largest absolute Gasteiger partial charge is 0.310 e. The van der Waals surface area contributed by atoms with Crippen molar-refractivity contribution in [2.75, 3.05) is 4.90 Å². The van der Waals surface area contributed by atoms with Crippen molar-refractivity contribution >= 4 is 17.1 Å². The van der Waals surface area contributed by atoms with Crippen molar-refractivity contribution < 1.29 is 0 Å². The van der Waals surface area contributed by atoms with Gasteiger partial charge in [-0.1, -0.05) is 164 Å². The Balaban J connectivity index is 1.27. The number of benzene rings is 7. The predicted molar refractivity (Wildman–Crippen MR) is 209 cm³/mol. The van der Waals surface area contributed by atoms with Crippen molar-refractivity contribution in [3.8, 4) is 11.1 Å². The quantitative estimate of drug-likeness (QED) is 0.183. The van der Waals surface area contributed by atoms with Crippen molar-refractivity contribution in [2.45, 2.75) is 16.7 Å². The number of hydrogen-bond donors (Lipinski definition) is 0. The zero-order chi connectivity index (χ0) is 33.6. The van der Waals surface area contributed by atoms with E-state index in [2.05, 4.69) is 205 Å². The molecule has 0 saturated heterocycles. The van der Waals surface area contributed by atoms with Gasteiger partial charge in [0.25, 0.3) is 0 Å². The first-order chi connectivity index (χ1) is 25.3. The molecule has 0 N–H and O–H groups in total. The lowest BCUT2D eigenvalue weighted by atomic mass is 9.51. The Kier molecular flexibility index (Phi) is 5.99. The summed E-state index contributed by atoms with van der Waals surface area (Å²) in [6.45, 7) is 0. The summed E-state index contributed by atoms with van der Waals surface area (Å²) in [4.78, 5) is 2.41. The molecular weight excluding hydrogens is 615 g/mol. The van der Waals surface area contributed by atoms with Gasteiger partial charge in [0.05, 0.1) is 10.8 Å². The second-order valence-corrected chi connectivity index (χ2v) is 14.3. The summed E-state index contributed by atoms with van der Waals surface area (Å²) in [5.41, 5.74) is 16.5. The van der Waals surface area contributed by atoms with Gasteiger partial charge < -0.3 is 4.90 Å². The standard InChI is InChI=1S/C50H35N/c1-4-17-34(18-5-1)49-42-26-12-11-24-39(42)41-25-16-30-46(48(41)49)50(45-29-15-14-28-44(45)49)43-27-13-10-23-38(43)40-32-31-37(33-47(40)50)51(35-19-6-2-7-20-35)36-21-8-3-9-22-36/h1-33,38,43H. The number of para-hydroxylation sites is 2. The third kappa shape index (κ3) is 3.60. The van der Waals surface area contributed by atoms with Gasteiger partial charge in [-0.25, -0.2) is 0 Å². The smallest absolute Gasteiger partial charge is 0.0719 e. The monoisotopic (exact) mass is 649 g/mol. The van der Waals surface area contributed by atoms with Crippen LogP contribution in [0.3, 0.4) is 0 Å². The fraction of sp³-hybridized carbons (Fsp3) is 0.0800. The summed E-state index contributed by atoms with van der Waals surface area (Å²) in [6, 6.07) is 65.9. The summed E-state index contributed by atoms with van der Waals surface area (Å²) in [5.74, 6) is 0.484. The van der Waals surface area contributed by atoms with Crippen LogP contribution in [0.4, 0.5) is 17.1 Å². The van der Waals surface area contributed by atoms with E-state index in [9.17, 15) is 0 Å². The van der Waals surface area contributed by atoms with Crippen molar-refractivity contribution in [1.29, 1.82) is 0 Å². The van der Waals surface area contributed by atoms with Crippen molar-refractivity contribution in [3.05, 3.63) is 245 Å². The normalized spacial score (nSPS) is 22.5. The molecule has 0 aliphatic heterocycles. The number of allylic oxidation sites excluding steroid dienone is 4. The van der Waals surface area contributed by atoms with E-state index in [1.165, 1.54) is 61.3 Å². The molecule has 0 radical (unpaired) electrons. The lowest BCUT2D eigenvalue weighted by Gasteiger charge is -2.50. The molecular formula is C50H35N. The van der Waals surface area contributed by atoms with Crippen LogP contribution < -0.4 is 4.90 Å². The Morgan fingerprint density at radius 1 is 0.412 bits per heavy atom. The highest BCUT2D eigenvalue weighted by Crippen LogP contribution is 2.70. The van der Waals surface area contributed by atoms with Crippen molar-refractivity contribution in [2.24, 2.45) is 5.92 Å². The fourth-order valence-corrected chi connectivity index (χ4v) is 10.5. The van der Waals surface area contributed by atoms with Gasteiger partial charge in [-0.05, 0) is 92.0 Å². The maximum atomic E-state index is 2.53. The Morgan fingerprint density at radius 2 is 1.00 bits per heavy atom. The topological polar surface area (TPSA) is 3.24 Å². The van der Waals surface area contributed by atoms with E-state index < -0.39 is 10.8 Å². The Morgan fingerprint density at radius 3 is 1.75 bits per heavy atom. The molecule has 0 bridgehead atoms. The molecule has 0 aromatic heterocycles. The van der Waals surface area contributed by atoms with Crippen molar-refractivity contribution in [1.82, 2.24) is 0 Å². The molecule has 11 rings (SSSR count). The molecule has 4 aliphatic carbocycles. The van der Waals surface area contributed by atoms with Gasteiger partial charge in [-0.2, -0.15) is 0 Å². The zero-order valence-corrected chi connectivity index (χ0v) is 28.2. The van der Waals surface area contributed by atoms with E-state index in [1.807, 2.05) is 0 Å². The molecule has 1 heteroatoms. The molecule has 0 heterocycles. The van der Waals surface area contributed by atoms with Gasteiger partial charge in [0.15, 0.2) is 0 Å². The second-order valence-electron chi connectivity index (χ2n) is 14.3. The lowest BCUT2D eigenvalue weighted by molar-refractivity contribution is 0.433.